The second kappa shape index (κ2) is 9.12. The number of carbonyl (C=O) groups is 2. The van der Waals surface area contributed by atoms with Crippen molar-refractivity contribution in [3.05, 3.63) is 93.6 Å². The summed E-state index contributed by atoms with van der Waals surface area (Å²) < 4.78 is 11.9. The Morgan fingerprint density at radius 3 is 2.27 bits per heavy atom. The predicted molar refractivity (Wildman–Crippen MR) is 128 cm³/mol. The van der Waals surface area contributed by atoms with Crippen molar-refractivity contribution in [2.24, 2.45) is 0 Å². The number of Topliss-reactive ketones (excluding diaryl/α,β-unsaturated/α-hetero) is 1. The van der Waals surface area contributed by atoms with Gasteiger partial charge >= 0.3 is 0 Å². The molecule has 0 aliphatic heterocycles. The van der Waals surface area contributed by atoms with Crippen molar-refractivity contribution in [2.45, 2.75) is 20.8 Å². The van der Waals surface area contributed by atoms with Crippen LogP contribution in [0, 0.1) is 13.8 Å². The number of ether oxygens (including phenoxy) is 1. The van der Waals surface area contributed by atoms with Gasteiger partial charge in [0.25, 0.3) is 0 Å². The summed E-state index contributed by atoms with van der Waals surface area (Å²) in [5, 5.41) is 3.05. The molecule has 0 unspecified atom stereocenters. The quantitative estimate of drug-likeness (QED) is 0.411. The second-order valence-electron chi connectivity index (χ2n) is 7.86. The maximum absolute atomic E-state index is 13.3. The summed E-state index contributed by atoms with van der Waals surface area (Å²) >= 11 is 0. The minimum atomic E-state index is -0.333. The molecular formula is C27H23NO5. The zero-order valence-electron chi connectivity index (χ0n) is 18.6. The lowest BCUT2D eigenvalue weighted by Crippen LogP contribution is -2.17. The number of carbonyl (C=O) groups excluding carboxylic acids is 2. The molecule has 1 N–H and O–H groups in total. The van der Waals surface area contributed by atoms with Crippen molar-refractivity contribution in [1.29, 1.82) is 0 Å². The molecule has 0 atom stereocenters. The topological polar surface area (TPSA) is 85.6 Å². The van der Waals surface area contributed by atoms with Crippen LogP contribution in [-0.4, -0.2) is 18.3 Å². The van der Waals surface area contributed by atoms with E-state index in [9.17, 15) is 14.4 Å². The van der Waals surface area contributed by atoms with E-state index in [4.69, 9.17) is 9.15 Å². The fourth-order valence-electron chi connectivity index (χ4n) is 3.51. The first-order valence-electron chi connectivity index (χ1n) is 10.5. The summed E-state index contributed by atoms with van der Waals surface area (Å²) in [6.45, 7) is 4.96. The third-order valence-corrected chi connectivity index (χ3v) is 5.38. The summed E-state index contributed by atoms with van der Waals surface area (Å²) in [7, 11) is 0. The third-order valence-electron chi connectivity index (χ3n) is 5.38. The molecule has 0 spiro atoms. The molecule has 0 saturated carbocycles. The van der Waals surface area contributed by atoms with Crippen LogP contribution in [0.3, 0.4) is 0 Å². The Morgan fingerprint density at radius 1 is 0.939 bits per heavy atom. The van der Waals surface area contributed by atoms with Gasteiger partial charge in [-0.05, 0) is 61.4 Å². The molecule has 1 aromatic heterocycles. The lowest BCUT2D eigenvalue weighted by molar-refractivity contribution is -0.114. The Kier molecular flexibility index (Phi) is 6.09. The van der Waals surface area contributed by atoms with Crippen LogP contribution in [-0.2, 0) is 4.79 Å². The molecule has 0 saturated heterocycles. The van der Waals surface area contributed by atoms with Crippen LogP contribution in [0.15, 0.2) is 75.9 Å². The first-order valence-corrected chi connectivity index (χ1v) is 10.5. The Bertz CT molecular complexity index is 1400. The molecular weight excluding hydrogens is 418 g/mol. The molecule has 1 amide bonds. The summed E-state index contributed by atoms with van der Waals surface area (Å²) in [6.07, 6.45) is 0. The van der Waals surface area contributed by atoms with Gasteiger partial charge in [-0.1, -0.05) is 30.3 Å². The number of hydrogen-bond donors (Lipinski definition) is 1. The molecule has 0 radical (unpaired) electrons. The van der Waals surface area contributed by atoms with E-state index in [1.54, 1.807) is 30.3 Å². The molecule has 1 heterocycles. The summed E-state index contributed by atoms with van der Waals surface area (Å²) in [5.41, 5.74) is 3.78. The number of rotatable bonds is 6. The molecule has 0 aliphatic carbocycles. The summed E-state index contributed by atoms with van der Waals surface area (Å²) in [5.74, 6) is -0.215. The normalized spacial score (nSPS) is 10.8. The zero-order chi connectivity index (χ0) is 23.5. The number of anilines is 1. The Hall–Kier alpha value is -4.19. The SMILES string of the molecule is CC(=O)Nc1ccc(C(=O)COc2c(-c3ccccc3)oc3cc(C)c(C)cc3c2=O)cc1. The van der Waals surface area contributed by atoms with E-state index in [-0.39, 0.29) is 35.2 Å². The molecule has 3 aromatic carbocycles. The summed E-state index contributed by atoms with van der Waals surface area (Å²) in [4.78, 5) is 37.2. The lowest BCUT2D eigenvalue weighted by atomic mass is 10.0. The van der Waals surface area contributed by atoms with E-state index in [2.05, 4.69) is 5.32 Å². The van der Waals surface area contributed by atoms with Crippen molar-refractivity contribution in [3.8, 4) is 17.1 Å². The highest BCUT2D eigenvalue weighted by Gasteiger charge is 2.20. The maximum Gasteiger partial charge on any atom is 0.235 e. The van der Waals surface area contributed by atoms with Crippen LogP contribution in [0.25, 0.3) is 22.3 Å². The molecule has 4 aromatic rings. The average Bonchev–Trinajstić information content (AvgIpc) is 2.80. The van der Waals surface area contributed by atoms with Crippen molar-refractivity contribution < 1.29 is 18.7 Å². The van der Waals surface area contributed by atoms with Gasteiger partial charge in [-0.25, -0.2) is 0 Å². The first-order chi connectivity index (χ1) is 15.8. The van der Waals surface area contributed by atoms with Gasteiger partial charge in [0.2, 0.25) is 17.1 Å². The van der Waals surface area contributed by atoms with Gasteiger partial charge in [-0.2, -0.15) is 0 Å². The number of benzene rings is 3. The van der Waals surface area contributed by atoms with E-state index in [1.165, 1.54) is 6.92 Å². The van der Waals surface area contributed by atoms with E-state index >= 15 is 0 Å². The number of nitrogens with one attached hydrogen (secondary N) is 1. The molecule has 6 nitrogen and oxygen atoms in total. The fourth-order valence-corrected chi connectivity index (χ4v) is 3.51. The van der Waals surface area contributed by atoms with Crippen LogP contribution < -0.4 is 15.5 Å². The lowest BCUT2D eigenvalue weighted by Gasteiger charge is -2.12. The van der Waals surface area contributed by atoms with E-state index in [1.807, 2.05) is 50.2 Å². The van der Waals surface area contributed by atoms with Crippen LogP contribution >= 0.6 is 0 Å². The smallest absolute Gasteiger partial charge is 0.235 e. The van der Waals surface area contributed by atoms with Gasteiger partial charge in [-0.15, -0.1) is 0 Å². The van der Waals surface area contributed by atoms with Gasteiger partial charge in [0.1, 0.15) is 5.58 Å². The highest BCUT2D eigenvalue weighted by Crippen LogP contribution is 2.31. The third kappa shape index (κ3) is 4.70. The number of fused-ring (bicyclic) bond motifs is 1. The van der Waals surface area contributed by atoms with E-state index < -0.39 is 0 Å². The summed E-state index contributed by atoms with van der Waals surface area (Å²) in [6, 6.07) is 19.3. The zero-order valence-corrected chi connectivity index (χ0v) is 18.6. The Balaban J connectivity index is 1.69. The predicted octanol–water partition coefficient (Wildman–Crippen LogP) is 5.30. The van der Waals surface area contributed by atoms with Gasteiger partial charge in [0.15, 0.2) is 18.2 Å². The second-order valence-corrected chi connectivity index (χ2v) is 7.86. The van der Waals surface area contributed by atoms with Crippen molar-refractivity contribution in [2.75, 3.05) is 11.9 Å². The maximum atomic E-state index is 13.3. The first kappa shape index (κ1) is 22.0. The largest absolute Gasteiger partial charge is 0.478 e. The van der Waals surface area contributed by atoms with E-state index in [0.717, 1.165) is 11.1 Å². The minimum Gasteiger partial charge on any atom is -0.478 e. The highest BCUT2D eigenvalue weighted by atomic mass is 16.5. The fraction of sp³-hybridized carbons (Fsp3) is 0.148. The number of amides is 1. The number of hydrogen-bond acceptors (Lipinski definition) is 5. The van der Waals surface area contributed by atoms with Crippen LogP contribution in [0.5, 0.6) is 5.75 Å². The van der Waals surface area contributed by atoms with Crippen LogP contribution in [0.4, 0.5) is 5.69 Å². The molecule has 0 aliphatic rings. The Labute approximate surface area is 190 Å². The molecule has 0 bridgehead atoms. The van der Waals surface area contributed by atoms with Gasteiger partial charge in [-0.3, -0.25) is 14.4 Å². The van der Waals surface area contributed by atoms with Crippen LogP contribution in [0.1, 0.15) is 28.4 Å². The monoisotopic (exact) mass is 441 g/mol. The van der Waals surface area contributed by atoms with Crippen molar-refractivity contribution >= 4 is 28.3 Å². The molecule has 33 heavy (non-hydrogen) atoms. The molecule has 0 fully saturated rings. The van der Waals surface area contributed by atoms with Crippen molar-refractivity contribution in [3.63, 3.8) is 0 Å². The Morgan fingerprint density at radius 2 is 1.61 bits per heavy atom. The molecule has 4 rings (SSSR count). The van der Waals surface area contributed by atoms with Crippen molar-refractivity contribution in [1.82, 2.24) is 0 Å². The highest BCUT2D eigenvalue weighted by molar-refractivity contribution is 5.98. The van der Waals surface area contributed by atoms with Gasteiger partial charge < -0.3 is 14.5 Å². The average molecular weight is 441 g/mol. The number of ketones is 1. The van der Waals surface area contributed by atoms with E-state index in [0.29, 0.717) is 27.8 Å². The van der Waals surface area contributed by atoms with Gasteiger partial charge in [0, 0.05) is 23.7 Å². The standard InChI is InChI=1S/C27H23NO5/c1-16-13-22-24(14-17(16)2)33-26(20-7-5-4-6-8-20)27(25(22)31)32-15-23(30)19-9-11-21(12-10-19)28-18(3)29/h4-14H,15H2,1-3H3,(H,28,29). The number of aryl methyl sites for hydroxylation is 2. The van der Waals surface area contributed by atoms with Crippen LogP contribution in [0.2, 0.25) is 0 Å². The molecule has 6 heteroatoms. The van der Waals surface area contributed by atoms with Gasteiger partial charge in [0.05, 0.1) is 5.39 Å². The molecule has 166 valence electrons. The minimum absolute atomic E-state index is 0.000157.